The summed E-state index contributed by atoms with van der Waals surface area (Å²) in [6.45, 7) is 3.54. The number of nitrogens with zero attached hydrogens (tertiary/aromatic N) is 2. The molecular formula is C38H42FN3O4S. The van der Waals surface area contributed by atoms with Gasteiger partial charge in [0.1, 0.15) is 18.4 Å². The van der Waals surface area contributed by atoms with E-state index in [9.17, 15) is 22.4 Å². The third kappa shape index (κ3) is 8.65. The average molecular weight is 656 g/mol. The first-order valence-electron chi connectivity index (χ1n) is 16.2. The molecule has 1 aliphatic carbocycles. The van der Waals surface area contributed by atoms with Gasteiger partial charge in [-0.15, -0.1) is 0 Å². The molecule has 0 radical (unpaired) electrons. The molecule has 4 aromatic rings. The van der Waals surface area contributed by atoms with Crippen molar-refractivity contribution in [2.75, 3.05) is 10.8 Å². The second kappa shape index (κ2) is 15.4. The van der Waals surface area contributed by atoms with E-state index in [1.165, 1.54) is 29.2 Å². The molecule has 1 atom stereocenters. The molecule has 0 aromatic heterocycles. The van der Waals surface area contributed by atoms with Crippen molar-refractivity contribution in [2.24, 2.45) is 0 Å². The molecule has 246 valence electrons. The summed E-state index contributed by atoms with van der Waals surface area (Å²) < 4.78 is 43.3. The van der Waals surface area contributed by atoms with Gasteiger partial charge in [0.15, 0.2) is 0 Å². The molecule has 1 saturated carbocycles. The average Bonchev–Trinajstić information content (AvgIpc) is 3.60. The fraction of sp³-hybridized carbons (Fsp3) is 0.316. The summed E-state index contributed by atoms with van der Waals surface area (Å²) in [5.41, 5.74) is 2.84. The molecule has 1 fully saturated rings. The lowest BCUT2D eigenvalue weighted by Gasteiger charge is -2.34. The first-order chi connectivity index (χ1) is 22.6. The van der Waals surface area contributed by atoms with Crippen LogP contribution in [0.1, 0.15) is 62.1 Å². The molecule has 2 amide bonds. The zero-order chi connectivity index (χ0) is 33.4. The number of carbonyl (C=O) groups is 2. The summed E-state index contributed by atoms with van der Waals surface area (Å²) in [6, 6.07) is 29.4. The Kier molecular flexibility index (Phi) is 11.1. The Balaban J connectivity index is 1.56. The van der Waals surface area contributed by atoms with Crippen molar-refractivity contribution in [3.8, 4) is 0 Å². The monoisotopic (exact) mass is 655 g/mol. The van der Waals surface area contributed by atoms with Crippen LogP contribution in [0.2, 0.25) is 0 Å². The Hall–Kier alpha value is -4.50. The van der Waals surface area contributed by atoms with Crippen molar-refractivity contribution < 1.29 is 22.4 Å². The maximum atomic E-state index is 14.6. The maximum absolute atomic E-state index is 14.6. The predicted octanol–water partition coefficient (Wildman–Crippen LogP) is 6.84. The van der Waals surface area contributed by atoms with E-state index in [0.717, 1.165) is 41.1 Å². The van der Waals surface area contributed by atoms with Crippen molar-refractivity contribution in [3.05, 3.63) is 132 Å². The van der Waals surface area contributed by atoms with Crippen molar-refractivity contribution in [1.82, 2.24) is 10.2 Å². The van der Waals surface area contributed by atoms with Gasteiger partial charge in [0, 0.05) is 19.0 Å². The molecule has 0 spiro atoms. The smallest absolute Gasteiger partial charge is 0.264 e. The minimum atomic E-state index is -4.18. The molecule has 9 heteroatoms. The quantitative estimate of drug-likeness (QED) is 0.171. The molecule has 5 rings (SSSR count). The van der Waals surface area contributed by atoms with E-state index in [1.807, 2.05) is 56.3 Å². The summed E-state index contributed by atoms with van der Waals surface area (Å²) in [6.07, 6.45) is 4.00. The predicted molar refractivity (Wildman–Crippen MR) is 183 cm³/mol. The number of halogens is 1. The van der Waals surface area contributed by atoms with Crippen molar-refractivity contribution >= 4 is 27.5 Å². The first kappa shape index (κ1) is 33.9. The van der Waals surface area contributed by atoms with Gasteiger partial charge in [0.2, 0.25) is 11.8 Å². The van der Waals surface area contributed by atoms with E-state index < -0.39 is 34.3 Å². The highest BCUT2D eigenvalue weighted by Crippen LogP contribution is 2.27. The van der Waals surface area contributed by atoms with Gasteiger partial charge in [-0.25, -0.2) is 12.8 Å². The largest absolute Gasteiger partial charge is 0.352 e. The van der Waals surface area contributed by atoms with E-state index in [4.69, 9.17) is 0 Å². The zero-order valence-electron chi connectivity index (χ0n) is 26.9. The van der Waals surface area contributed by atoms with Gasteiger partial charge in [0.05, 0.1) is 10.6 Å². The normalized spacial score (nSPS) is 14.1. The van der Waals surface area contributed by atoms with Gasteiger partial charge in [0.25, 0.3) is 10.0 Å². The number of anilines is 1. The number of hydrogen-bond acceptors (Lipinski definition) is 4. The van der Waals surface area contributed by atoms with Gasteiger partial charge < -0.3 is 10.2 Å². The Morgan fingerprint density at radius 3 is 2.00 bits per heavy atom. The van der Waals surface area contributed by atoms with Gasteiger partial charge in [-0.3, -0.25) is 13.9 Å². The molecule has 47 heavy (non-hydrogen) atoms. The van der Waals surface area contributed by atoms with Crippen LogP contribution in [0.4, 0.5) is 10.1 Å². The SMILES string of the molecule is CC(C)c1ccc(N(CC(=O)N(Cc2ccc(F)cc2)[C@@H](Cc2ccccc2)C(=O)NC2CCCC2)S(=O)(=O)c2ccccc2)cc1. The lowest BCUT2D eigenvalue weighted by atomic mass is 10.0. The molecule has 0 bridgehead atoms. The number of carbonyl (C=O) groups excluding carboxylic acids is 2. The third-order valence-electron chi connectivity index (χ3n) is 8.70. The molecule has 1 aliphatic rings. The molecule has 0 unspecified atom stereocenters. The highest BCUT2D eigenvalue weighted by molar-refractivity contribution is 7.92. The minimum Gasteiger partial charge on any atom is -0.352 e. The van der Waals surface area contributed by atoms with E-state index >= 15 is 0 Å². The summed E-state index contributed by atoms with van der Waals surface area (Å²) >= 11 is 0. The van der Waals surface area contributed by atoms with E-state index in [-0.39, 0.29) is 35.7 Å². The summed E-state index contributed by atoms with van der Waals surface area (Å²) in [5.74, 6) is -1.04. The van der Waals surface area contributed by atoms with E-state index in [0.29, 0.717) is 11.3 Å². The fourth-order valence-corrected chi connectivity index (χ4v) is 7.42. The zero-order valence-corrected chi connectivity index (χ0v) is 27.7. The Morgan fingerprint density at radius 1 is 0.809 bits per heavy atom. The second-order valence-electron chi connectivity index (χ2n) is 12.4. The van der Waals surface area contributed by atoms with Crippen LogP contribution in [-0.2, 0) is 32.6 Å². The number of nitrogens with one attached hydrogen (secondary N) is 1. The summed E-state index contributed by atoms with van der Waals surface area (Å²) in [5, 5.41) is 3.16. The van der Waals surface area contributed by atoms with Crippen LogP contribution < -0.4 is 9.62 Å². The molecule has 0 aliphatic heterocycles. The number of amides is 2. The third-order valence-corrected chi connectivity index (χ3v) is 10.5. The lowest BCUT2D eigenvalue weighted by molar-refractivity contribution is -0.140. The van der Waals surface area contributed by atoms with Crippen molar-refractivity contribution in [1.29, 1.82) is 0 Å². The van der Waals surface area contributed by atoms with Gasteiger partial charge in [-0.05, 0) is 71.8 Å². The second-order valence-corrected chi connectivity index (χ2v) is 14.3. The van der Waals surface area contributed by atoms with Crippen LogP contribution in [0.5, 0.6) is 0 Å². The topological polar surface area (TPSA) is 86.8 Å². The van der Waals surface area contributed by atoms with Crippen molar-refractivity contribution in [3.63, 3.8) is 0 Å². The summed E-state index contributed by atoms with van der Waals surface area (Å²) in [7, 11) is -4.18. The molecule has 0 heterocycles. The Morgan fingerprint density at radius 2 is 1.40 bits per heavy atom. The van der Waals surface area contributed by atoms with Gasteiger partial charge >= 0.3 is 0 Å². The van der Waals surface area contributed by atoms with Crippen LogP contribution in [0.15, 0.2) is 114 Å². The van der Waals surface area contributed by atoms with Crippen molar-refractivity contribution in [2.45, 2.75) is 75.4 Å². The fourth-order valence-electron chi connectivity index (χ4n) is 5.98. The van der Waals surface area contributed by atoms with E-state index in [1.54, 1.807) is 42.5 Å². The molecule has 1 N–H and O–H groups in total. The Bertz CT molecular complexity index is 1730. The lowest BCUT2D eigenvalue weighted by Crippen LogP contribution is -2.54. The van der Waals surface area contributed by atoms with Crippen LogP contribution in [0, 0.1) is 5.82 Å². The van der Waals surface area contributed by atoms with Crippen LogP contribution in [-0.4, -0.2) is 43.8 Å². The highest BCUT2D eigenvalue weighted by Gasteiger charge is 2.35. The van der Waals surface area contributed by atoms with Crippen LogP contribution in [0.3, 0.4) is 0 Å². The number of rotatable bonds is 13. The number of hydrogen-bond donors (Lipinski definition) is 1. The minimum absolute atomic E-state index is 0.0120. The van der Waals surface area contributed by atoms with Crippen LogP contribution >= 0.6 is 0 Å². The van der Waals surface area contributed by atoms with Gasteiger partial charge in [-0.2, -0.15) is 0 Å². The molecule has 4 aromatic carbocycles. The molecular weight excluding hydrogens is 614 g/mol. The summed E-state index contributed by atoms with van der Waals surface area (Å²) in [4.78, 5) is 30.2. The Labute approximate surface area is 277 Å². The van der Waals surface area contributed by atoms with E-state index in [2.05, 4.69) is 5.32 Å². The number of benzene rings is 4. The first-order valence-corrected chi connectivity index (χ1v) is 17.6. The molecule has 7 nitrogen and oxygen atoms in total. The number of sulfonamides is 1. The van der Waals surface area contributed by atoms with Gasteiger partial charge in [-0.1, -0.05) is 99.5 Å². The highest BCUT2D eigenvalue weighted by atomic mass is 32.2. The molecule has 0 saturated heterocycles. The standard InChI is InChI=1S/C38H42FN3O4S/c1-28(2)31-19-23-34(24-20-31)42(47(45,46)35-15-7-4-8-16-35)27-37(43)41(26-30-17-21-32(39)22-18-30)36(25-29-11-5-3-6-12-29)38(44)40-33-13-9-10-14-33/h3-8,11-12,15-24,28,33,36H,9-10,13-14,25-27H2,1-2H3,(H,40,44)/t36-/m0/s1. The maximum Gasteiger partial charge on any atom is 0.264 e. The van der Waals surface area contributed by atoms with Crippen LogP contribution in [0.25, 0.3) is 0 Å².